The first-order valence-corrected chi connectivity index (χ1v) is 11.0. The van der Waals surface area contributed by atoms with Crippen LogP contribution in [-0.4, -0.2) is 35.5 Å². The molecule has 0 spiro atoms. The number of thiophene rings is 1. The number of ether oxygens (including phenoxy) is 2. The van der Waals surface area contributed by atoms with Crippen LogP contribution in [0.3, 0.4) is 0 Å². The first-order valence-electron chi connectivity index (χ1n) is 9.26. The highest BCUT2D eigenvalue weighted by Crippen LogP contribution is 2.40. The Morgan fingerprint density at radius 1 is 1.41 bits per heavy atom. The Hall–Kier alpha value is -2.82. The fraction of sp³-hybridized carbons (Fsp3) is 0.273. The van der Waals surface area contributed by atoms with Crippen LogP contribution in [0.4, 0.5) is 0 Å². The number of fused-ring (bicyclic) bond motifs is 1. The number of benzene rings is 1. The van der Waals surface area contributed by atoms with Gasteiger partial charge >= 0.3 is 0 Å². The third kappa shape index (κ3) is 4.29. The van der Waals surface area contributed by atoms with Crippen molar-refractivity contribution in [3.8, 4) is 34.3 Å². The van der Waals surface area contributed by atoms with E-state index in [0.717, 1.165) is 16.0 Å². The summed E-state index contributed by atoms with van der Waals surface area (Å²) >= 11 is 3.07. The molecule has 1 aromatic carbocycles. The quantitative estimate of drug-likeness (QED) is 0.443. The number of thiazole rings is 1. The monoisotopic (exact) mass is 424 g/mol. The van der Waals surface area contributed by atoms with Crippen LogP contribution in [-0.2, 0) is 6.54 Å². The van der Waals surface area contributed by atoms with Crippen LogP contribution in [0.15, 0.2) is 36.0 Å². The van der Waals surface area contributed by atoms with E-state index in [2.05, 4.69) is 36.0 Å². The zero-order valence-electron chi connectivity index (χ0n) is 16.0. The summed E-state index contributed by atoms with van der Waals surface area (Å²) in [5.74, 6) is 3.93. The molecule has 0 saturated heterocycles. The number of carbonyl (C=O) groups excluding carboxylic acids is 1. The topological polar surface area (TPSA) is 51.7 Å². The summed E-state index contributed by atoms with van der Waals surface area (Å²) in [4.78, 5) is 21.7. The van der Waals surface area contributed by atoms with Gasteiger partial charge < -0.3 is 14.4 Å². The molecule has 4 rings (SSSR count). The van der Waals surface area contributed by atoms with Crippen LogP contribution in [0.25, 0.3) is 10.4 Å². The van der Waals surface area contributed by atoms with E-state index < -0.39 is 0 Å². The molecule has 1 amide bonds. The molecular formula is C22H20N2O3S2. The van der Waals surface area contributed by atoms with Gasteiger partial charge in [-0.1, -0.05) is 0 Å². The van der Waals surface area contributed by atoms with E-state index in [9.17, 15) is 4.79 Å². The van der Waals surface area contributed by atoms with E-state index in [-0.39, 0.29) is 5.91 Å². The normalized spacial score (nSPS) is 13.2. The van der Waals surface area contributed by atoms with Gasteiger partial charge in [0.05, 0.1) is 24.9 Å². The number of hydrogen-bond acceptors (Lipinski definition) is 6. The SMILES string of the molecule is C#CCCOc1cc(-c2ccc(C)s2)cc2c1OCCN(C(=O)c1cncs1)C2. The van der Waals surface area contributed by atoms with Crippen molar-refractivity contribution in [2.75, 3.05) is 19.8 Å². The molecule has 0 saturated carbocycles. The zero-order chi connectivity index (χ0) is 20.2. The Morgan fingerprint density at radius 2 is 2.31 bits per heavy atom. The molecule has 29 heavy (non-hydrogen) atoms. The predicted octanol–water partition coefficient (Wildman–Crippen LogP) is 4.62. The molecule has 0 fully saturated rings. The van der Waals surface area contributed by atoms with E-state index in [0.29, 0.717) is 49.1 Å². The molecule has 1 aliphatic rings. The second-order valence-electron chi connectivity index (χ2n) is 6.62. The second-order valence-corrected chi connectivity index (χ2v) is 8.79. The van der Waals surface area contributed by atoms with Crippen molar-refractivity contribution >= 4 is 28.6 Å². The third-order valence-electron chi connectivity index (χ3n) is 4.56. The van der Waals surface area contributed by atoms with Gasteiger partial charge in [0, 0.05) is 28.3 Å². The summed E-state index contributed by atoms with van der Waals surface area (Å²) in [7, 11) is 0. The minimum Gasteiger partial charge on any atom is -0.489 e. The predicted molar refractivity (Wildman–Crippen MR) is 116 cm³/mol. The Morgan fingerprint density at radius 3 is 3.03 bits per heavy atom. The van der Waals surface area contributed by atoms with Gasteiger partial charge in [0.15, 0.2) is 11.5 Å². The Balaban J connectivity index is 1.71. The fourth-order valence-corrected chi connectivity index (χ4v) is 4.64. The summed E-state index contributed by atoms with van der Waals surface area (Å²) in [5.41, 5.74) is 3.65. The van der Waals surface area contributed by atoms with Crippen LogP contribution < -0.4 is 9.47 Å². The van der Waals surface area contributed by atoms with E-state index in [1.807, 2.05) is 6.07 Å². The smallest absolute Gasteiger partial charge is 0.265 e. The highest BCUT2D eigenvalue weighted by atomic mass is 32.1. The number of aromatic nitrogens is 1. The molecule has 0 radical (unpaired) electrons. The average molecular weight is 425 g/mol. The molecule has 5 nitrogen and oxygen atoms in total. The number of terminal acetylenes is 1. The Kier molecular flexibility index (Phi) is 5.84. The van der Waals surface area contributed by atoms with E-state index in [1.165, 1.54) is 16.2 Å². The summed E-state index contributed by atoms with van der Waals surface area (Å²) < 4.78 is 12.0. The van der Waals surface area contributed by atoms with Crippen molar-refractivity contribution in [1.29, 1.82) is 0 Å². The number of amides is 1. The van der Waals surface area contributed by atoms with Crippen molar-refractivity contribution in [3.05, 3.63) is 51.3 Å². The lowest BCUT2D eigenvalue weighted by Gasteiger charge is -2.19. The number of aryl methyl sites for hydroxylation is 1. The summed E-state index contributed by atoms with van der Waals surface area (Å²) in [6, 6.07) is 8.29. The molecule has 7 heteroatoms. The maximum absolute atomic E-state index is 12.9. The van der Waals surface area contributed by atoms with Gasteiger partial charge in [-0.3, -0.25) is 9.78 Å². The molecule has 3 aromatic rings. The fourth-order valence-electron chi connectivity index (χ4n) is 3.19. The van der Waals surface area contributed by atoms with Crippen LogP contribution in [0.5, 0.6) is 11.5 Å². The molecule has 1 aliphatic heterocycles. The second kappa shape index (κ2) is 8.68. The van der Waals surface area contributed by atoms with Gasteiger partial charge in [0.1, 0.15) is 11.5 Å². The van der Waals surface area contributed by atoms with Gasteiger partial charge in [-0.25, -0.2) is 0 Å². The first-order chi connectivity index (χ1) is 14.2. The summed E-state index contributed by atoms with van der Waals surface area (Å²) in [6.07, 6.45) is 7.50. The number of rotatable bonds is 5. The van der Waals surface area contributed by atoms with Crippen molar-refractivity contribution in [3.63, 3.8) is 0 Å². The third-order valence-corrected chi connectivity index (χ3v) is 6.37. The van der Waals surface area contributed by atoms with Gasteiger partial charge in [-0.15, -0.1) is 35.0 Å². The molecule has 148 valence electrons. The van der Waals surface area contributed by atoms with Gasteiger partial charge in [0.2, 0.25) is 0 Å². The van der Waals surface area contributed by atoms with Crippen molar-refractivity contribution in [2.45, 2.75) is 19.9 Å². The van der Waals surface area contributed by atoms with Crippen molar-refractivity contribution in [2.24, 2.45) is 0 Å². The standard InChI is InChI=1S/C22H20N2O3S2/c1-3-4-8-26-18-11-16(19-6-5-15(2)29-19)10-17-13-24(7-9-27-21(17)18)22(25)20-12-23-14-28-20/h1,5-6,10-12,14H,4,7-9,13H2,2H3. The minimum atomic E-state index is -0.0314. The first kappa shape index (κ1) is 19.5. The molecule has 0 N–H and O–H groups in total. The van der Waals surface area contributed by atoms with Crippen LogP contribution >= 0.6 is 22.7 Å². The van der Waals surface area contributed by atoms with Crippen LogP contribution in [0.2, 0.25) is 0 Å². The molecular weight excluding hydrogens is 404 g/mol. The largest absolute Gasteiger partial charge is 0.489 e. The van der Waals surface area contributed by atoms with E-state index in [1.54, 1.807) is 27.9 Å². The Labute approximate surface area is 177 Å². The number of nitrogens with zero attached hydrogens (tertiary/aromatic N) is 2. The van der Waals surface area contributed by atoms with Crippen LogP contribution in [0, 0.1) is 19.3 Å². The molecule has 0 aliphatic carbocycles. The number of carbonyl (C=O) groups is 1. The van der Waals surface area contributed by atoms with Crippen LogP contribution in [0.1, 0.15) is 26.5 Å². The lowest BCUT2D eigenvalue weighted by Crippen LogP contribution is -2.31. The molecule has 2 aromatic heterocycles. The Bertz CT molecular complexity index is 1050. The maximum atomic E-state index is 12.9. The maximum Gasteiger partial charge on any atom is 0.265 e. The summed E-state index contributed by atoms with van der Waals surface area (Å²) in [5, 5.41) is 0. The van der Waals surface area contributed by atoms with Gasteiger partial charge in [-0.2, -0.15) is 0 Å². The average Bonchev–Trinajstić information content (AvgIpc) is 3.35. The van der Waals surface area contributed by atoms with Gasteiger partial charge in [-0.05, 0) is 36.8 Å². The summed E-state index contributed by atoms with van der Waals surface area (Å²) in [6.45, 7) is 3.86. The highest BCUT2D eigenvalue weighted by Gasteiger charge is 2.25. The van der Waals surface area contributed by atoms with E-state index in [4.69, 9.17) is 15.9 Å². The highest BCUT2D eigenvalue weighted by molar-refractivity contribution is 7.15. The van der Waals surface area contributed by atoms with Crippen molar-refractivity contribution < 1.29 is 14.3 Å². The lowest BCUT2D eigenvalue weighted by atomic mass is 10.1. The minimum absolute atomic E-state index is 0.0314. The molecule has 0 atom stereocenters. The van der Waals surface area contributed by atoms with E-state index >= 15 is 0 Å². The molecule has 3 heterocycles. The zero-order valence-corrected chi connectivity index (χ0v) is 17.6. The number of hydrogen-bond donors (Lipinski definition) is 0. The molecule has 0 unspecified atom stereocenters. The lowest BCUT2D eigenvalue weighted by molar-refractivity contribution is 0.0737. The van der Waals surface area contributed by atoms with Gasteiger partial charge in [0.25, 0.3) is 5.91 Å². The molecule has 0 bridgehead atoms. The van der Waals surface area contributed by atoms with Crippen molar-refractivity contribution in [1.82, 2.24) is 9.88 Å².